The lowest BCUT2D eigenvalue weighted by Gasteiger charge is -2.12. The van der Waals surface area contributed by atoms with E-state index in [0.717, 1.165) is 23.5 Å². The highest BCUT2D eigenvalue weighted by Gasteiger charge is 2.20. The highest BCUT2D eigenvalue weighted by atomic mass is 32.2. The molecule has 35 heavy (non-hydrogen) atoms. The predicted molar refractivity (Wildman–Crippen MR) is 140 cm³/mol. The van der Waals surface area contributed by atoms with Crippen LogP contribution in [0.5, 0.6) is 0 Å². The van der Waals surface area contributed by atoms with Gasteiger partial charge in [0.1, 0.15) is 23.0 Å². The molecule has 0 aliphatic rings. The molecule has 0 atom stereocenters. The third-order valence-corrected chi connectivity index (χ3v) is 6.08. The zero-order chi connectivity index (χ0) is 24.8. The number of anilines is 3. The molecule has 2 heterocycles. The second-order valence-electron chi connectivity index (χ2n) is 8.25. The number of H-pyrrole nitrogens is 1. The summed E-state index contributed by atoms with van der Waals surface area (Å²) in [5, 5.41) is 6.87. The minimum absolute atomic E-state index is 0.323. The Hall–Kier alpha value is -3.69. The number of nitrogens with one attached hydrogen (secondary N) is 3. The molecule has 0 aliphatic heterocycles. The number of aromatic amines is 1. The summed E-state index contributed by atoms with van der Waals surface area (Å²) in [5.41, 5.74) is 3.94. The molecule has 180 valence electrons. The molecule has 3 N–H and O–H groups in total. The van der Waals surface area contributed by atoms with Gasteiger partial charge in [0.2, 0.25) is 0 Å². The average Bonchev–Trinajstić information content (AvgIpc) is 3.26. The lowest BCUT2D eigenvalue weighted by Crippen LogP contribution is -2.15. The van der Waals surface area contributed by atoms with Crippen LogP contribution in [0.2, 0.25) is 0 Å². The van der Waals surface area contributed by atoms with Gasteiger partial charge >= 0.3 is 0 Å². The van der Waals surface area contributed by atoms with Gasteiger partial charge < -0.3 is 20.5 Å². The fourth-order valence-electron chi connectivity index (χ4n) is 3.33. The van der Waals surface area contributed by atoms with Crippen LogP contribution in [-0.4, -0.2) is 52.2 Å². The van der Waals surface area contributed by atoms with Crippen molar-refractivity contribution in [2.75, 3.05) is 37.0 Å². The third-order valence-electron chi connectivity index (χ3n) is 5.23. The Morgan fingerprint density at radius 2 is 1.91 bits per heavy atom. The van der Waals surface area contributed by atoms with Crippen LogP contribution >= 0.6 is 11.8 Å². The number of amides is 1. The maximum absolute atomic E-state index is 13.5. The molecular weight excluding hydrogens is 463 g/mol. The molecule has 0 unspecified atom stereocenters. The fourth-order valence-corrected chi connectivity index (χ4v) is 4.31. The molecule has 0 fully saturated rings. The third kappa shape index (κ3) is 6.46. The number of halogens is 1. The molecule has 2 aromatic heterocycles. The normalized spacial score (nSPS) is 11.0. The van der Waals surface area contributed by atoms with E-state index in [0.29, 0.717) is 33.6 Å². The summed E-state index contributed by atoms with van der Waals surface area (Å²) in [6, 6.07) is 17.2. The minimum atomic E-state index is -0.344. The molecule has 0 radical (unpaired) electrons. The second-order valence-corrected chi connectivity index (χ2v) is 9.33. The van der Waals surface area contributed by atoms with Crippen molar-refractivity contribution in [3.8, 4) is 11.3 Å². The van der Waals surface area contributed by atoms with Crippen LogP contribution in [0.4, 0.5) is 21.6 Å². The Morgan fingerprint density at radius 3 is 2.63 bits per heavy atom. The summed E-state index contributed by atoms with van der Waals surface area (Å²) < 4.78 is 13.5. The Kier molecular flexibility index (Phi) is 7.79. The number of carbonyl (C=O) groups is 1. The molecule has 2 aromatic carbocycles. The van der Waals surface area contributed by atoms with Crippen LogP contribution < -0.4 is 10.6 Å². The van der Waals surface area contributed by atoms with Gasteiger partial charge in [0.15, 0.2) is 5.16 Å². The number of hydrogen-bond acceptors (Lipinski definition) is 6. The van der Waals surface area contributed by atoms with Gasteiger partial charge in [-0.3, -0.25) is 4.79 Å². The minimum Gasteiger partial charge on any atom is -0.340 e. The SMILES string of the molecule is Cc1ccc(NC(=O)c2[nH]c(SCCN(C)C)nc2-c2ccc(F)cc2)cc1Nc1ccccn1. The number of nitrogens with zero attached hydrogens (tertiary/aromatic N) is 3. The van der Waals surface area contributed by atoms with E-state index in [1.807, 2.05) is 57.4 Å². The Bertz CT molecular complexity index is 1290. The number of rotatable bonds is 9. The predicted octanol–water partition coefficient (Wildman–Crippen LogP) is 5.57. The van der Waals surface area contributed by atoms with Gasteiger partial charge in [-0.05, 0) is 75.1 Å². The number of thioether (sulfide) groups is 1. The summed E-state index contributed by atoms with van der Waals surface area (Å²) >= 11 is 1.53. The Labute approximate surface area is 208 Å². The maximum Gasteiger partial charge on any atom is 0.274 e. The van der Waals surface area contributed by atoms with E-state index in [1.165, 1.54) is 23.9 Å². The number of aromatic nitrogens is 3. The maximum atomic E-state index is 13.5. The first kappa shape index (κ1) is 24.4. The van der Waals surface area contributed by atoms with Gasteiger partial charge in [0.05, 0.1) is 0 Å². The molecule has 0 spiro atoms. The van der Waals surface area contributed by atoms with Gasteiger partial charge in [-0.1, -0.05) is 23.9 Å². The van der Waals surface area contributed by atoms with Gasteiger partial charge in [-0.25, -0.2) is 14.4 Å². The largest absolute Gasteiger partial charge is 0.340 e. The van der Waals surface area contributed by atoms with Crippen LogP contribution in [-0.2, 0) is 0 Å². The summed E-state index contributed by atoms with van der Waals surface area (Å²) in [6.07, 6.45) is 1.71. The van der Waals surface area contributed by atoms with Gasteiger partial charge in [0, 0.05) is 35.4 Å². The van der Waals surface area contributed by atoms with Gasteiger partial charge in [-0.15, -0.1) is 0 Å². The van der Waals surface area contributed by atoms with Crippen LogP contribution in [0.3, 0.4) is 0 Å². The van der Waals surface area contributed by atoms with Crippen LogP contribution in [0.1, 0.15) is 16.1 Å². The lowest BCUT2D eigenvalue weighted by molar-refractivity contribution is 0.102. The van der Waals surface area contributed by atoms with Crippen LogP contribution in [0, 0.1) is 12.7 Å². The molecule has 0 saturated heterocycles. The molecule has 4 rings (SSSR count). The molecule has 1 amide bonds. The first-order valence-corrected chi connectivity index (χ1v) is 12.1. The second kappa shape index (κ2) is 11.2. The van der Waals surface area contributed by atoms with E-state index in [1.54, 1.807) is 18.3 Å². The van der Waals surface area contributed by atoms with Crippen LogP contribution in [0.15, 0.2) is 72.0 Å². The number of aryl methyl sites for hydroxylation is 1. The number of hydrogen-bond donors (Lipinski definition) is 3. The highest BCUT2D eigenvalue weighted by Crippen LogP contribution is 2.28. The Balaban J connectivity index is 1.58. The van der Waals surface area contributed by atoms with Crippen molar-refractivity contribution in [1.29, 1.82) is 0 Å². The number of imidazole rings is 1. The molecular formula is C26H27FN6OS. The van der Waals surface area contributed by atoms with Crippen molar-refractivity contribution in [2.24, 2.45) is 0 Å². The Morgan fingerprint density at radius 1 is 1.11 bits per heavy atom. The van der Waals surface area contributed by atoms with Crippen molar-refractivity contribution in [1.82, 2.24) is 19.9 Å². The van der Waals surface area contributed by atoms with E-state index in [9.17, 15) is 9.18 Å². The standard InChI is InChI=1S/C26H27FN6OS/c1-17-7-12-20(16-21(17)30-22-6-4-5-13-28-22)29-25(34)24-23(18-8-10-19(27)11-9-18)31-26(32-24)35-15-14-33(2)3/h4-13,16H,14-15H2,1-3H3,(H,28,30)(H,29,34)(H,31,32). The van der Waals surface area contributed by atoms with E-state index >= 15 is 0 Å². The summed E-state index contributed by atoms with van der Waals surface area (Å²) in [4.78, 5) is 27.5. The van der Waals surface area contributed by atoms with E-state index in [2.05, 4.69) is 30.5 Å². The first-order chi connectivity index (χ1) is 16.9. The van der Waals surface area contributed by atoms with Crippen molar-refractivity contribution in [3.63, 3.8) is 0 Å². The molecule has 4 aromatic rings. The quantitative estimate of drug-likeness (QED) is 0.266. The topological polar surface area (TPSA) is 85.9 Å². The van der Waals surface area contributed by atoms with Gasteiger partial charge in [0.25, 0.3) is 5.91 Å². The summed E-state index contributed by atoms with van der Waals surface area (Å²) in [5.74, 6) is 0.850. The monoisotopic (exact) mass is 490 g/mol. The van der Waals surface area contributed by atoms with Crippen molar-refractivity contribution < 1.29 is 9.18 Å². The zero-order valence-corrected chi connectivity index (χ0v) is 20.6. The van der Waals surface area contributed by atoms with Crippen molar-refractivity contribution in [3.05, 3.63) is 83.9 Å². The number of benzene rings is 2. The van der Waals surface area contributed by atoms with E-state index in [-0.39, 0.29) is 11.7 Å². The molecule has 9 heteroatoms. The first-order valence-electron chi connectivity index (χ1n) is 11.1. The number of carbonyl (C=O) groups excluding carboxylic acids is 1. The highest BCUT2D eigenvalue weighted by molar-refractivity contribution is 7.99. The average molecular weight is 491 g/mol. The smallest absolute Gasteiger partial charge is 0.274 e. The van der Waals surface area contributed by atoms with Crippen molar-refractivity contribution >= 4 is 34.9 Å². The fraction of sp³-hybridized carbons (Fsp3) is 0.192. The van der Waals surface area contributed by atoms with E-state index < -0.39 is 0 Å². The summed E-state index contributed by atoms with van der Waals surface area (Å²) in [7, 11) is 4.01. The number of pyridine rings is 1. The van der Waals surface area contributed by atoms with Gasteiger partial charge in [-0.2, -0.15) is 0 Å². The lowest BCUT2D eigenvalue weighted by atomic mass is 10.1. The molecule has 0 bridgehead atoms. The molecule has 0 aliphatic carbocycles. The molecule has 0 saturated carbocycles. The summed E-state index contributed by atoms with van der Waals surface area (Å²) in [6.45, 7) is 2.85. The van der Waals surface area contributed by atoms with Crippen LogP contribution in [0.25, 0.3) is 11.3 Å². The van der Waals surface area contributed by atoms with E-state index in [4.69, 9.17) is 0 Å². The van der Waals surface area contributed by atoms with Crippen molar-refractivity contribution in [2.45, 2.75) is 12.1 Å². The molecule has 7 nitrogen and oxygen atoms in total. The zero-order valence-electron chi connectivity index (χ0n) is 19.8.